The highest BCUT2D eigenvalue weighted by atomic mass is 16.6. The number of hydrogen-bond acceptors (Lipinski definition) is 6. The molecular formula is C46H88O6. The summed E-state index contributed by atoms with van der Waals surface area (Å²) in [4.78, 5) is 37.2. The lowest BCUT2D eigenvalue weighted by atomic mass is 10.0. The average molecular weight is 737 g/mol. The van der Waals surface area contributed by atoms with Crippen LogP contribution in [0.2, 0.25) is 0 Å². The Hall–Kier alpha value is -1.59. The van der Waals surface area contributed by atoms with Gasteiger partial charge in [0.2, 0.25) is 0 Å². The number of hydrogen-bond donors (Lipinski definition) is 0. The highest BCUT2D eigenvalue weighted by molar-refractivity contribution is 5.71. The predicted octanol–water partition coefficient (Wildman–Crippen LogP) is 14.5. The van der Waals surface area contributed by atoms with Crippen molar-refractivity contribution >= 4 is 17.9 Å². The monoisotopic (exact) mass is 737 g/mol. The fraction of sp³-hybridized carbons (Fsp3) is 0.935. The zero-order valence-electron chi connectivity index (χ0n) is 35.1. The Kier molecular flexibility index (Phi) is 40.9. The minimum atomic E-state index is -0.755. The quantitative estimate of drug-likeness (QED) is 0.0353. The number of ether oxygens (including phenoxy) is 3. The molecule has 0 fully saturated rings. The van der Waals surface area contributed by atoms with E-state index in [1.54, 1.807) is 0 Å². The van der Waals surface area contributed by atoms with Crippen LogP contribution >= 0.6 is 0 Å². The summed E-state index contributed by atoms with van der Waals surface area (Å²) in [6.45, 7) is 6.51. The maximum absolute atomic E-state index is 12.5. The van der Waals surface area contributed by atoms with Gasteiger partial charge in [0, 0.05) is 19.3 Å². The molecule has 0 heterocycles. The molecule has 0 aliphatic carbocycles. The first-order valence-electron chi connectivity index (χ1n) is 23.0. The molecule has 0 N–H and O–H groups in total. The molecule has 0 spiro atoms. The van der Waals surface area contributed by atoms with E-state index in [9.17, 15) is 14.4 Å². The van der Waals surface area contributed by atoms with E-state index in [4.69, 9.17) is 14.2 Å². The van der Waals surface area contributed by atoms with Crippen molar-refractivity contribution in [3.8, 4) is 0 Å². The van der Waals surface area contributed by atoms with Crippen LogP contribution < -0.4 is 0 Å². The molecule has 1 unspecified atom stereocenters. The third-order valence-electron chi connectivity index (χ3n) is 10.4. The molecule has 0 bridgehead atoms. The maximum atomic E-state index is 12.5. The molecule has 0 aliphatic rings. The van der Waals surface area contributed by atoms with Gasteiger partial charge in [-0.2, -0.15) is 0 Å². The zero-order chi connectivity index (χ0) is 38.0. The number of esters is 3. The van der Waals surface area contributed by atoms with E-state index >= 15 is 0 Å². The van der Waals surface area contributed by atoms with Crippen LogP contribution in [-0.2, 0) is 28.6 Å². The minimum absolute atomic E-state index is 0.0653. The summed E-state index contributed by atoms with van der Waals surface area (Å²) in [5.74, 6) is -0.880. The summed E-state index contributed by atoms with van der Waals surface area (Å²) in [7, 11) is 0. The summed E-state index contributed by atoms with van der Waals surface area (Å²) in [5, 5.41) is 0. The van der Waals surface area contributed by atoms with Crippen LogP contribution in [0.4, 0.5) is 0 Å². The van der Waals surface area contributed by atoms with Gasteiger partial charge in [-0.25, -0.2) is 0 Å². The molecule has 0 saturated heterocycles. The molecule has 1 atom stereocenters. The van der Waals surface area contributed by atoms with Gasteiger partial charge in [0.05, 0.1) is 0 Å². The lowest BCUT2D eigenvalue weighted by Crippen LogP contribution is -2.30. The normalized spacial score (nSPS) is 11.8. The molecule has 52 heavy (non-hydrogen) atoms. The Balaban J connectivity index is 3.89. The Bertz CT molecular complexity index is 768. The van der Waals surface area contributed by atoms with Crippen LogP contribution in [0.1, 0.15) is 258 Å². The van der Waals surface area contributed by atoms with E-state index < -0.39 is 6.10 Å². The zero-order valence-corrected chi connectivity index (χ0v) is 35.1. The number of rotatable bonds is 42. The highest BCUT2D eigenvalue weighted by Crippen LogP contribution is 2.16. The van der Waals surface area contributed by atoms with Crippen molar-refractivity contribution in [1.82, 2.24) is 0 Å². The smallest absolute Gasteiger partial charge is 0.306 e. The Morgan fingerprint density at radius 2 is 0.519 bits per heavy atom. The van der Waals surface area contributed by atoms with Crippen molar-refractivity contribution < 1.29 is 28.6 Å². The second-order valence-corrected chi connectivity index (χ2v) is 15.7. The topological polar surface area (TPSA) is 78.9 Å². The van der Waals surface area contributed by atoms with E-state index in [0.29, 0.717) is 19.3 Å². The fourth-order valence-corrected chi connectivity index (χ4v) is 6.85. The van der Waals surface area contributed by atoms with Crippen LogP contribution in [0.3, 0.4) is 0 Å². The molecule has 0 aliphatic heterocycles. The van der Waals surface area contributed by atoms with Gasteiger partial charge in [0.25, 0.3) is 0 Å². The molecule has 0 aromatic heterocycles. The standard InChI is InChI=1S/C46H88O6/c1-4-7-10-13-15-16-17-18-19-20-21-22-23-24-25-26-27-28-29-30-31-34-36-39-45(48)51-42-43(41-50-44(47)38-35-32-12-9-6-3)52-46(49)40-37-33-14-11-8-5-2/h43H,4-42H2,1-3H3. The van der Waals surface area contributed by atoms with E-state index in [1.807, 2.05) is 0 Å². The second kappa shape index (κ2) is 42.2. The summed E-state index contributed by atoms with van der Waals surface area (Å²) in [6, 6.07) is 0. The molecule has 6 nitrogen and oxygen atoms in total. The van der Waals surface area contributed by atoms with E-state index in [-0.39, 0.29) is 31.1 Å². The van der Waals surface area contributed by atoms with Crippen molar-refractivity contribution in [1.29, 1.82) is 0 Å². The molecule has 0 amide bonds. The lowest BCUT2D eigenvalue weighted by Gasteiger charge is -2.18. The molecule has 0 aromatic rings. The van der Waals surface area contributed by atoms with Gasteiger partial charge in [-0.15, -0.1) is 0 Å². The summed E-state index contributed by atoms with van der Waals surface area (Å²) in [6.07, 6.45) is 43.0. The van der Waals surface area contributed by atoms with Crippen molar-refractivity contribution in [2.75, 3.05) is 13.2 Å². The Morgan fingerprint density at radius 1 is 0.308 bits per heavy atom. The first-order valence-corrected chi connectivity index (χ1v) is 23.0. The molecule has 6 heteroatoms. The average Bonchev–Trinajstić information content (AvgIpc) is 3.14. The van der Waals surface area contributed by atoms with Crippen LogP contribution in [0.5, 0.6) is 0 Å². The van der Waals surface area contributed by atoms with Crippen LogP contribution in [0, 0.1) is 0 Å². The summed E-state index contributed by atoms with van der Waals surface area (Å²) in [5.41, 5.74) is 0. The van der Waals surface area contributed by atoms with Crippen molar-refractivity contribution in [3.05, 3.63) is 0 Å². The van der Waals surface area contributed by atoms with Crippen LogP contribution in [0.15, 0.2) is 0 Å². The van der Waals surface area contributed by atoms with Gasteiger partial charge in [0.15, 0.2) is 6.10 Å². The van der Waals surface area contributed by atoms with Gasteiger partial charge in [-0.3, -0.25) is 14.4 Å². The highest BCUT2D eigenvalue weighted by Gasteiger charge is 2.19. The van der Waals surface area contributed by atoms with Gasteiger partial charge >= 0.3 is 17.9 Å². The molecule has 0 saturated carbocycles. The second-order valence-electron chi connectivity index (χ2n) is 15.7. The number of carbonyl (C=O) groups is 3. The molecular weight excluding hydrogens is 649 g/mol. The first kappa shape index (κ1) is 50.4. The van der Waals surface area contributed by atoms with Crippen molar-refractivity contribution in [3.63, 3.8) is 0 Å². The molecule has 308 valence electrons. The van der Waals surface area contributed by atoms with Gasteiger partial charge in [0.1, 0.15) is 13.2 Å². The summed E-state index contributed by atoms with van der Waals surface area (Å²) >= 11 is 0. The SMILES string of the molecule is CCCCCCCCCCCCCCCCCCCCCCCCCC(=O)OCC(COC(=O)CCCCCCC)OC(=O)CCCCCCCC. The van der Waals surface area contributed by atoms with Crippen molar-refractivity contribution in [2.24, 2.45) is 0 Å². The fourth-order valence-electron chi connectivity index (χ4n) is 6.85. The predicted molar refractivity (Wildman–Crippen MR) is 220 cm³/mol. The maximum Gasteiger partial charge on any atom is 0.306 e. The third-order valence-corrected chi connectivity index (χ3v) is 10.4. The molecule has 0 radical (unpaired) electrons. The van der Waals surface area contributed by atoms with Crippen molar-refractivity contribution in [2.45, 2.75) is 264 Å². The van der Waals surface area contributed by atoms with Gasteiger partial charge in [-0.1, -0.05) is 220 Å². The van der Waals surface area contributed by atoms with Gasteiger partial charge < -0.3 is 14.2 Å². The number of unbranched alkanes of at least 4 members (excludes halogenated alkanes) is 31. The molecule has 0 rings (SSSR count). The van der Waals surface area contributed by atoms with Gasteiger partial charge in [-0.05, 0) is 19.3 Å². The first-order chi connectivity index (χ1) is 25.5. The van der Waals surface area contributed by atoms with E-state index in [1.165, 1.54) is 154 Å². The third kappa shape index (κ3) is 39.6. The minimum Gasteiger partial charge on any atom is -0.462 e. The Morgan fingerprint density at radius 3 is 0.769 bits per heavy atom. The summed E-state index contributed by atoms with van der Waals surface area (Å²) < 4.78 is 16.5. The van der Waals surface area contributed by atoms with E-state index in [0.717, 1.165) is 64.2 Å². The van der Waals surface area contributed by atoms with Crippen LogP contribution in [0.25, 0.3) is 0 Å². The number of carbonyl (C=O) groups excluding carboxylic acids is 3. The van der Waals surface area contributed by atoms with Crippen LogP contribution in [-0.4, -0.2) is 37.2 Å². The largest absolute Gasteiger partial charge is 0.462 e. The van der Waals surface area contributed by atoms with E-state index in [2.05, 4.69) is 20.8 Å². The lowest BCUT2D eigenvalue weighted by molar-refractivity contribution is -0.167. The molecule has 0 aromatic carbocycles. The Labute approximate surface area is 323 Å².